The van der Waals surface area contributed by atoms with Crippen LogP contribution in [0.15, 0.2) is 0 Å². The summed E-state index contributed by atoms with van der Waals surface area (Å²) >= 11 is 0. The van der Waals surface area contributed by atoms with Crippen LogP contribution in [0.3, 0.4) is 0 Å². The summed E-state index contributed by atoms with van der Waals surface area (Å²) in [6.45, 7) is 6.34. The molecular weight excluding hydrogens is 256 g/mol. The molecule has 20 heavy (non-hydrogen) atoms. The second-order valence-electron chi connectivity index (χ2n) is 6.23. The van der Waals surface area contributed by atoms with Gasteiger partial charge < -0.3 is 15.0 Å². The standard InChI is InChI=1S/C15H26N2O3/c1-5-6-12-13(18)17(9-10(2)20-4)15(3,11-7-8-11)14(19)16-12/h10-12H,5-9H2,1-4H3,(H,16,19). The number of nitrogens with one attached hydrogen (secondary N) is 1. The molecule has 0 aromatic rings. The summed E-state index contributed by atoms with van der Waals surface area (Å²) in [7, 11) is 1.64. The molecule has 1 saturated heterocycles. The third-order valence-corrected chi connectivity index (χ3v) is 4.68. The second-order valence-corrected chi connectivity index (χ2v) is 6.23. The molecule has 0 bridgehead atoms. The van der Waals surface area contributed by atoms with Crippen molar-refractivity contribution < 1.29 is 14.3 Å². The lowest BCUT2D eigenvalue weighted by Crippen LogP contribution is -2.71. The Morgan fingerprint density at radius 1 is 1.45 bits per heavy atom. The van der Waals surface area contributed by atoms with Crippen LogP contribution in [0.1, 0.15) is 46.5 Å². The molecule has 1 saturated carbocycles. The fourth-order valence-electron chi connectivity index (χ4n) is 3.05. The van der Waals surface area contributed by atoms with Crippen LogP contribution in [0.2, 0.25) is 0 Å². The van der Waals surface area contributed by atoms with Crippen molar-refractivity contribution in [2.24, 2.45) is 5.92 Å². The molecule has 114 valence electrons. The van der Waals surface area contributed by atoms with E-state index in [0.29, 0.717) is 13.0 Å². The number of hydrogen-bond acceptors (Lipinski definition) is 3. The summed E-state index contributed by atoms with van der Waals surface area (Å²) in [6, 6.07) is -0.372. The van der Waals surface area contributed by atoms with Crippen LogP contribution in [-0.4, -0.2) is 48.1 Å². The van der Waals surface area contributed by atoms with Gasteiger partial charge >= 0.3 is 0 Å². The summed E-state index contributed by atoms with van der Waals surface area (Å²) in [5.41, 5.74) is -0.700. The van der Waals surface area contributed by atoms with Crippen molar-refractivity contribution in [1.82, 2.24) is 10.2 Å². The van der Waals surface area contributed by atoms with E-state index < -0.39 is 5.54 Å². The van der Waals surface area contributed by atoms with E-state index in [1.54, 1.807) is 12.0 Å². The molecule has 0 aromatic carbocycles. The van der Waals surface area contributed by atoms with Gasteiger partial charge in [0.1, 0.15) is 11.6 Å². The average Bonchev–Trinajstić information content (AvgIpc) is 3.25. The van der Waals surface area contributed by atoms with E-state index >= 15 is 0 Å². The third-order valence-electron chi connectivity index (χ3n) is 4.68. The Hall–Kier alpha value is -1.10. The molecule has 5 nitrogen and oxygen atoms in total. The Morgan fingerprint density at radius 3 is 2.60 bits per heavy atom. The first-order chi connectivity index (χ1) is 9.44. The van der Waals surface area contributed by atoms with Crippen LogP contribution in [0, 0.1) is 5.92 Å². The lowest BCUT2D eigenvalue weighted by Gasteiger charge is -2.47. The van der Waals surface area contributed by atoms with Crippen LogP contribution < -0.4 is 5.32 Å². The van der Waals surface area contributed by atoms with Crippen molar-refractivity contribution in [2.75, 3.05) is 13.7 Å². The highest BCUT2D eigenvalue weighted by Crippen LogP contribution is 2.45. The van der Waals surface area contributed by atoms with E-state index in [4.69, 9.17) is 4.74 Å². The molecule has 3 unspecified atom stereocenters. The van der Waals surface area contributed by atoms with Crippen molar-refractivity contribution >= 4 is 11.8 Å². The number of hydrogen-bond donors (Lipinski definition) is 1. The van der Waals surface area contributed by atoms with Gasteiger partial charge in [-0.2, -0.15) is 0 Å². The maximum Gasteiger partial charge on any atom is 0.246 e. The number of piperazine rings is 1. The molecule has 5 heteroatoms. The van der Waals surface area contributed by atoms with E-state index in [-0.39, 0.29) is 29.9 Å². The van der Waals surface area contributed by atoms with Crippen LogP contribution in [0.4, 0.5) is 0 Å². The smallest absolute Gasteiger partial charge is 0.246 e. The molecule has 0 radical (unpaired) electrons. The minimum absolute atomic E-state index is 0.00125. The third kappa shape index (κ3) is 2.55. The number of nitrogens with zero attached hydrogens (tertiary/aromatic N) is 1. The molecule has 1 heterocycles. The zero-order valence-electron chi connectivity index (χ0n) is 12.9. The van der Waals surface area contributed by atoms with Gasteiger partial charge in [0.15, 0.2) is 0 Å². The molecule has 1 N–H and O–H groups in total. The maximum absolute atomic E-state index is 12.7. The van der Waals surface area contributed by atoms with Crippen LogP contribution in [0.5, 0.6) is 0 Å². The molecule has 1 aliphatic heterocycles. The van der Waals surface area contributed by atoms with Crippen molar-refractivity contribution in [3.63, 3.8) is 0 Å². The minimum Gasteiger partial charge on any atom is -0.380 e. The zero-order chi connectivity index (χ0) is 14.9. The van der Waals surface area contributed by atoms with Crippen molar-refractivity contribution in [3.05, 3.63) is 0 Å². The van der Waals surface area contributed by atoms with Crippen molar-refractivity contribution in [1.29, 1.82) is 0 Å². The van der Waals surface area contributed by atoms with Crippen molar-refractivity contribution in [2.45, 2.75) is 64.1 Å². The molecule has 0 aromatic heterocycles. The Kier molecular flexibility index (Phi) is 4.37. The van der Waals surface area contributed by atoms with E-state index in [9.17, 15) is 9.59 Å². The molecule has 1 aliphatic carbocycles. The monoisotopic (exact) mass is 282 g/mol. The van der Waals surface area contributed by atoms with Gasteiger partial charge in [0, 0.05) is 13.7 Å². The van der Waals surface area contributed by atoms with E-state index in [2.05, 4.69) is 5.32 Å². The number of methoxy groups -OCH3 is 1. The SMILES string of the molecule is CCCC1NC(=O)C(C)(C2CC2)N(CC(C)OC)C1=O. The quantitative estimate of drug-likeness (QED) is 0.799. The lowest BCUT2D eigenvalue weighted by molar-refractivity contribution is -0.160. The number of carbonyl (C=O) groups excluding carboxylic acids is 2. The van der Waals surface area contributed by atoms with Gasteiger partial charge in [0.05, 0.1) is 6.10 Å². The first-order valence-electron chi connectivity index (χ1n) is 7.60. The minimum atomic E-state index is -0.700. The molecule has 2 amide bonds. The number of amides is 2. The highest BCUT2D eigenvalue weighted by atomic mass is 16.5. The largest absolute Gasteiger partial charge is 0.380 e. The number of carbonyl (C=O) groups is 2. The van der Waals surface area contributed by atoms with Gasteiger partial charge in [0.2, 0.25) is 11.8 Å². The number of ether oxygens (including phenoxy) is 1. The van der Waals surface area contributed by atoms with Crippen molar-refractivity contribution in [3.8, 4) is 0 Å². The lowest BCUT2D eigenvalue weighted by atomic mass is 9.87. The Morgan fingerprint density at radius 2 is 2.10 bits per heavy atom. The van der Waals surface area contributed by atoms with Gasteiger partial charge in [-0.1, -0.05) is 13.3 Å². The van der Waals surface area contributed by atoms with Crippen LogP contribution >= 0.6 is 0 Å². The Balaban J connectivity index is 2.25. The van der Waals surface area contributed by atoms with Gasteiger partial charge in [-0.05, 0) is 39.0 Å². The fourth-order valence-corrected chi connectivity index (χ4v) is 3.05. The predicted octanol–water partition coefficient (Wildman–Crippen LogP) is 1.32. The highest BCUT2D eigenvalue weighted by Gasteiger charge is 2.56. The van der Waals surface area contributed by atoms with Gasteiger partial charge in [-0.15, -0.1) is 0 Å². The topological polar surface area (TPSA) is 58.6 Å². The highest BCUT2D eigenvalue weighted by molar-refractivity contribution is 6.00. The molecule has 0 spiro atoms. The first-order valence-corrected chi connectivity index (χ1v) is 7.60. The summed E-state index contributed by atoms with van der Waals surface area (Å²) < 4.78 is 5.30. The van der Waals surface area contributed by atoms with Gasteiger partial charge in [-0.3, -0.25) is 9.59 Å². The second kappa shape index (κ2) is 5.72. The first kappa shape index (κ1) is 15.3. The molecular formula is C15H26N2O3. The molecule has 2 aliphatic rings. The summed E-state index contributed by atoms with van der Waals surface area (Å²) in [5, 5.41) is 2.93. The van der Waals surface area contributed by atoms with Crippen LogP contribution in [0.25, 0.3) is 0 Å². The van der Waals surface area contributed by atoms with E-state index in [1.165, 1.54) is 0 Å². The summed E-state index contributed by atoms with van der Waals surface area (Å²) in [6.07, 6.45) is 3.56. The predicted molar refractivity (Wildman–Crippen MR) is 76.2 cm³/mol. The molecule has 2 rings (SSSR count). The van der Waals surface area contributed by atoms with Gasteiger partial charge in [0.25, 0.3) is 0 Å². The fraction of sp³-hybridized carbons (Fsp3) is 0.867. The summed E-state index contributed by atoms with van der Waals surface area (Å²) in [5.74, 6) is 0.337. The summed E-state index contributed by atoms with van der Waals surface area (Å²) in [4.78, 5) is 27.1. The van der Waals surface area contributed by atoms with E-state index in [0.717, 1.165) is 19.3 Å². The van der Waals surface area contributed by atoms with E-state index in [1.807, 2.05) is 20.8 Å². The Labute approximate surface area is 121 Å². The zero-order valence-corrected chi connectivity index (χ0v) is 12.9. The average molecular weight is 282 g/mol. The number of rotatable bonds is 6. The maximum atomic E-state index is 12.7. The molecule has 3 atom stereocenters. The molecule has 2 fully saturated rings. The normalized spacial score (nSPS) is 32.2. The van der Waals surface area contributed by atoms with Gasteiger partial charge in [-0.25, -0.2) is 0 Å². The van der Waals surface area contributed by atoms with Crippen LogP contribution in [-0.2, 0) is 14.3 Å². The Bertz CT molecular complexity index is 395.